The fraction of sp³-hybridized carbons (Fsp3) is 0.188. The van der Waals surface area contributed by atoms with Crippen LogP contribution in [0.5, 0.6) is 5.75 Å². The Labute approximate surface area is 118 Å². The van der Waals surface area contributed by atoms with Crippen LogP contribution < -0.4 is 15.4 Å². The molecular weight excluding hydrogens is 252 g/mol. The molecule has 0 bridgehead atoms. The smallest absolute Gasteiger partial charge is 0.319 e. The predicted molar refractivity (Wildman–Crippen MR) is 80.2 cm³/mol. The average Bonchev–Trinajstić information content (AvgIpc) is 2.49. The van der Waals surface area contributed by atoms with Gasteiger partial charge in [0.1, 0.15) is 5.75 Å². The summed E-state index contributed by atoms with van der Waals surface area (Å²) in [5.41, 5.74) is 1.86. The maximum absolute atomic E-state index is 11.7. The maximum Gasteiger partial charge on any atom is 0.319 e. The highest BCUT2D eigenvalue weighted by atomic mass is 16.5. The highest BCUT2D eigenvalue weighted by molar-refractivity contribution is 5.89. The van der Waals surface area contributed by atoms with E-state index in [4.69, 9.17) is 4.74 Å². The van der Waals surface area contributed by atoms with E-state index in [9.17, 15) is 4.79 Å². The molecule has 2 aromatic rings. The van der Waals surface area contributed by atoms with Gasteiger partial charge in [-0.2, -0.15) is 0 Å². The maximum atomic E-state index is 11.7. The first-order valence-corrected chi connectivity index (χ1v) is 6.51. The zero-order valence-electron chi connectivity index (χ0n) is 11.4. The molecule has 2 amide bonds. The topological polar surface area (TPSA) is 50.4 Å². The van der Waals surface area contributed by atoms with Crippen LogP contribution in [0.4, 0.5) is 10.5 Å². The van der Waals surface area contributed by atoms with Crippen LogP contribution in [0.3, 0.4) is 0 Å². The van der Waals surface area contributed by atoms with Crippen molar-refractivity contribution in [2.45, 2.75) is 6.42 Å². The van der Waals surface area contributed by atoms with Crippen molar-refractivity contribution in [3.8, 4) is 5.75 Å². The van der Waals surface area contributed by atoms with Crippen molar-refractivity contribution in [1.29, 1.82) is 0 Å². The quantitative estimate of drug-likeness (QED) is 0.877. The van der Waals surface area contributed by atoms with Gasteiger partial charge in [-0.3, -0.25) is 0 Å². The zero-order valence-corrected chi connectivity index (χ0v) is 11.4. The Morgan fingerprint density at radius 1 is 1.05 bits per heavy atom. The van der Waals surface area contributed by atoms with Crippen LogP contribution in [0.15, 0.2) is 54.6 Å². The number of amides is 2. The van der Waals surface area contributed by atoms with E-state index in [1.165, 1.54) is 0 Å². The van der Waals surface area contributed by atoms with E-state index in [-0.39, 0.29) is 6.03 Å². The summed E-state index contributed by atoms with van der Waals surface area (Å²) in [4.78, 5) is 11.7. The number of hydrogen-bond acceptors (Lipinski definition) is 2. The molecule has 0 aliphatic rings. The predicted octanol–water partition coefficient (Wildman–Crippen LogP) is 3.06. The minimum Gasteiger partial charge on any atom is -0.496 e. The molecule has 0 saturated heterocycles. The van der Waals surface area contributed by atoms with Gasteiger partial charge in [0.25, 0.3) is 0 Å². The summed E-state index contributed by atoms with van der Waals surface area (Å²) in [6.07, 6.45) is 0.728. The summed E-state index contributed by atoms with van der Waals surface area (Å²) in [6, 6.07) is 17.0. The van der Waals surface area contributed by atoms with Gasteiger partial charge < -0.3 is 15.4 Å². The normalized spacial score (nSPS) is 9.85. The van der Waals surface area contributed by atoms with E-state index < -0.39 is 0 Å². The Kier molecular flexibility index (Phi) is 5.00. The molecule has 2 aromatic carbocycles. The Morgan fingerprint density at radius 2 is 1.75 bits per heavy atom. The fourth-order valence-electron chi connectivity index (χ4n) is 1.92. The van der Waals surface area contributed by atoms with Gasteiger partial charge in [0.05, 0.1) is 7.11 Å². The summed E-state index contributed by atoms with van der Waals surface area (Å²) < 4.78 is 5.27. The molecule has 2 rings (SSSR count). The second-order valence-corrected chi connectivity index (χ2v) is 4.31. The van der Waals surface area contributed by atoms with Gasteiger partial charge in [0, 0.05) is 12.2 Å². The van der Waals surface area contributed by atoms with Crippen molar-refractivity contribution >= 4 is 11.7 Å². The number of anilines is 1. The first kappa shape index (κ1) is 13.9. The van der Waals surface area contributed by atoms with Gasteiger partial charge >= 0.3 is 6.03 Å². The van der Waals surface area contributed by atoms with Crippen LogP contribution in [0.25, 0.3) is 0 Å². The number of para-hydroxylation sites is 2. The van der Waals surface area contributed by atoms with Crippen molar-refractivity contribution in [3.05, 3.63) is 60.2 Å². The number of benzene rings is 2. The van der Waals surface area contributed by atoms with E-state index in [0.29, 0.717) is 6.54 Å². The summed E-state index contributed by atoms with van der Waals surface area (Å²) in [7, 11) is 1.65. The van der Waals surface area contributed by atoms with Crippen molar-refractivity contribution in [1.82, 2.24) is 5.32 Å². The first-order chi connectivity index (χ1) is 9.79. The van der Waals surface area contributed by atoms with Crippen LogP contribution in [0.1, 0.15) is 5.56 Å². The third-order valence-electron chi connectivity index (χ3n) is 2.90. The van der Waals surface area contributed by atoms with Crippen LogP contribution in [0.2, 0.25) is 0 Å². The molecule has 20 heavy (non-hydrogen) atoms. The number of carbonyl (C=O) groups is 1. The molecule has 0 fully saturated rings. The van der Waals surface area contributed by atoms with Gasteiger partial charge in [-0.15, -0.1) is 0 Å². The van der Waals surface area contributed by atoms with E-state index in [2.05, 4.69) is 10.6 Å². The molecule has 0 radical (unpaired) electrons. The first-order valence-electron chi connectivity index (χ1n) is 6.51. The van der Waals surface area contributed by atoms with Crippen LogP contribution in [-0.4, -0.2) is 19.7 Å². The van der Waals surface area contributed by atoms with E-state index >= 15 is 0 Å². The second-order valence-electron chi connectivity index (χ2n) is 4.31. The number of rotatable bonds is 5. The van der Waals surface area contributed by atoms with Crippen molar-refractivity contribution in [3.63, 3.8) is 0 Å². The molecule has 0 unspecified atom stereocenters. The second kappa shape index (κ2) is 7.19. The Hall–Kier alpha value is -2.49. The van der Waals surface area contributed by atoms with Gasteiger partial charge in [-0.25, -0.2) is 4.79 Å². The fourth-order valence-corrected chi connectivity index (χ4v) is 1.92. The lowest BCUT2D eigenvalue weighted by Gasteiger charge is -2.10. The van der Waals surface area contributed by atoms with Gasteiger partial charge in [-0.05, 0) is 30.2 Å². The van der Waals surface area contributed by atoms with Gasteiger partial charge in [-0.1, -0.05) is 36.4 Å². The minimum atomic E-state index is -0.203. The summed E-state index contributed by atoms with van der Waals surface area (Å²) in [5, 5.41) is 5.60. The molecule has 4 nitrogen and oxygen atoms in total. The van der Waals surface area contributed by atoms with Crippen molar-refractivity contribution in [2.75, 3.05) is 19.0 Å². The molecular formula is C16H18N2O2. The molecule has 4 heteroatoms. The minimum absolute atomic E-state index is 0.203. The van der Waals surface area contributed by atoms with E-state index in [1.54, 1.807) is 7.11 Å². The average molecular weight is 270 g/mol. The van der Waals surface area contributed by atoms with Crippen LogP contribution >= 0.6 is 0 Å². The molecule has 0 aliphatic carbocycles. The van der Waals surface area contributed by atoms with Gasteiger partial charge in [0.15, 0.2) is 0 Å². The highest BCUT2D eigenvalue weighted by Crippen LogP contribution is 2.17. The number of carbonyl (C=O) groups excluding carboxylic acids is 1. The van der Waals surface area contributed by atoms with Gasteiger partial charge in [0.2, 0.25) is 0 Å². The lowest BCUT2D eigenvalue weighted by Crippen LogP contribution is -2.30. The largest absolute Gasteiger partial charge is 0.496 e. The monoisotopic (exact) mass is 270 g/mol. The third kappa shape index (κ3) is 4.02. The zero-order chi connectivity index (χ0) is 14.2. The molecule has 0 atom stereocenters. The third-order valence-corrected chi connectivity index (χ3v) is 2.90. The molecule has 0 aliphatic heterocycles. The van der Waals surface area contributed by atoms with Crippen molar-refractivity contribution < 1.29 is 9.53 Å². The molecule has 0 aromatic heterocycles. The number of hydrogen-bond donors (Lipinski definition) is 2. The SMILES string of the molecule is COc1ccccc1CCNC(=O)Nc1ccccc1. The highest BCUT2D eigenvalue weighted by Gasteiger charge is 2.03. The molecule has 0 saturated carbocycles. The molecule has 0 spiro atoms. The number of nitrogens with one attached hydrogen (secondary N) is 2. The number of methoxy groups -OCH3 is 1. The Balaban J connectivity index is 1.79. The Morgan fingerprint density at radius 3 is 2.50 bits per heavy atom. The summed E-state index contributed by atoms with van der Waals surface area (Å²) in [6.45, 7) is 0.555. The summed E-state index contributed by atoms with van der Waals surface area (Å²) >= 11 is 0. The number of urea groups is 1. The van der Waals surface area contributed by atoms with E-state index in [0.717, 1.165) is 23.4 Å². The Bertz CT molecular complexity index is 555. The lowest BCUT2D eigenvalue weighted by atomic mass is 10.1. The van der Waals surface area contributed by atoms with Crippen molar-refractivity contribution in [2.24, 2.45) is 0 Å². The summed E-state index contributed by atoms with van der Waals surface area (Å²) in [5.74, 6) is 0.845. The lowest BCUT2D eigenvalue weighted by molar-refractivity contribution is 0.252. The molecule has 0 heterocycles. The van der Waals surface area contributed by atoms with Crippen LogP contribution in [0, 0.1) is 0 Å². The van der Waals surface area contributed by atoms with E-state index in [1.807, 2.05) is 54.6 Å². The van der Waals surface area contributed by atoms with Crippen LogP contribution in [-0.2, 0) is 6.42 Å². The molecule has 2 N–H and O–H groups in total. The molecule has 104 valence electrons. The number of ether oxygens (including phenoxy) is 1. The standard InChI is InChI=1S/C16H18N2O2/c1-20-15-10-6-5-7-13(15)11-12-17-16(19)18-14-8-3-2-4-9-14/h2-10H,11-12H2,1H3,(H2,17,18,19).